The summed E-state index contributed by atoms with van der Waals surface area (Å²) >= 11 is 0. The Hall–Kier alpha value is -3.21. The van der Waals surface area contributed by atoms with Crippen LogP contribution < -0.4 is 4.74 Å². The van der Waals surface area contributed by atoms with Gasteiger partial charge in [0, 0.05) is 29.0 Å². The van der Waals surface area contributed by atoms with Gasteiger partial charge >= 0.3 is 0 Å². The number of hydrogen-bond acceptors (Lipinski definition) is 4. The number of hydrogen-bond donors (Lipinski definition) is 1. The molecule has 0 unspecified atom stereocenters. The number of pyridine rings is 1. The molecule has 5 heteroatoms. The van der Waals surface area contributed by atoms with Crippen LogP contribution in [0.2, 0.25) is 0 Å². The second-order valence-electron chi connectivity index (χ2n) is 5.14. The van der Waals surface area contributed by atoms with E-state index in [9.17, 15) is 0 Å². The molecule has 3 heterocycles. The summed E-state index contributed by atoms with van der Waals surface area (Å²) in [6.45, 7) is 0. The number of aromatic amines is 1. The van der Waals surface area contributed by atoms with Crippen molar-refractivity contribution in [1.29, 1.82) is 0 Å². The highest BCUT2D eigenvalue weighted by Crippen LogP contribution is 2.33. The Balaban J connectivity index is 1.86. The third kappa shape index (κ3) is 2.42. The van der Waals surface area contributed by atoms with Crippen molar-refractivity contribution in [3.8, 4) is 28.3 Å². The van der Waals surface area contributed by atoms with E-state index in [0.717, 1.165) is 39.3 Å². The zero-order chi connectivity index (χ0) is 15.6. The summed E-state index contributed by atoms with van der Waals surface area (Å²) in [4.78, 5) is 16.0. The van der Waals surface area contributed by atoms with Crippen LogP contribution >= 0.6 is 0 Å². The molecule has 0 atom stereocenters. The summed E-state index contributed by atoms with van der Waals surface area (Å²) in [5.74, 6) is 0.795. The first-order valence-electron chi connectivity index (χ1n) is 7.24. The molecule has 23 heavy (non-hydrogen) atoms. The molecule has 0 aliphatic carbocycles. The number of nitrogens with one attached hydrogen (secondary N) is 1. The smallest absolute Gasteiger partial charge is 0.141 e. The van der Waals surface area contributed by atoms with Gasteiger partial charge in [-0.25, -0.2) is 9.97 Å². The summed E-state index contributed by atoms with van der Waals surface area (Å²) in [5.41, 5.74) is 4.69. The fraction of sp³-hybridized carbons (Fsp3) is 0.0556. The molecule has 0 aliphatic rings. The lowest BCUT2D eigenvalue weighted by Gasteiger charge is -2.09. The topological polar surface area (TPSA) is 63.7 Å². The summed E-state index contributed by atoms with van der Waals surface area (Å²) in [5, 5.41) is 0.984. The van der Waals surface area contributed by atoms with Crippen LogP contribution in [0.5, 0.6) is 5.75 Å². The first-order valence-corrected chi connectivity index (χ1v) is 7.24. The minimum absolute atomic E-state index is 0.795. The van der Waals surface area contributed by atoms with Crippen molar-refractivity contribution in [2.75, 3.05) is 7.11 Å². The fourth-order valence-electron chi connectivity index (χ4n) is 2.62. The highest BCUT2D eigenvalue weighted by atomic mass is 16.5. The van der Waals surface area contributed by atoms with Crippen LogP contribution in [-0.2, 0) is 0 Å². The predicted molar refractivity (Wildman–Crippen MR) is 89.1 cm³/mol. The lowest BCUT2D eigenvalue weighted by atomic mass is 10.0. The molecule has 0 fully saturated rings. The molecule has 0 spiro atoms. The van der Waals surface area contributed by atoms with Gasteiger partial charge in [-0.2, -0.15) is 0 Å². The van der Waals surface area contributed by atoms with E-state index >= 15 is 0 Å². The van der Waals surface area contributed by atoms with Gasteiger partial charge in [-0.1, -0.05) is 6.07 Å². The van der Waals surface area contributed by atoms with Gasteiger partial charge in [-0.05, 0) is 42.0 Å². The third-order valence-corrected chi connectivity index (χ3v) is 3.74. The van der Waals surface area contributed by atoms with Gasteiger partial charge in [0.15, 0.2) is 0 Å². The van der Waals surface area contributed by atoms with Gasteiger partial charge in [0.1, 0.15) is 17.7 Å². The number of methoxy groups -OCH3 is 1. The molecule has 112 valence electrons. The van der Waals surface area contributed by atoms with Gasteiger partial charge in [-0.15, -0.1) is 0 Å². The van der Waals surface area contributed by atoms with Crippen LogP contribution in [0.4, 0.5) is 0 Å². The Morgan fingerprint density at radius 1 is 1.04 bits per heavy atom. The van der Waals surface area contributed by atoms with Crippen molar-refractivity contribution in [3.63, 3.8) is 0 Å². The van der Waals surface area contributed by atoms with Crippen LogP contribution in [0.15, 0.2) is 61.2 Å². The zero-order valence-electron chi connectivity index (χ0n) is 12.5. The van der Waals surface area contributed by atoms with E-state index in [1.54, 1.807) is 19.5 Å². The average Bonchev–Trinajstić information content (AvgIpc) is 3.06. The van der Waals surface area contributed by atoms with Crippen LogP contribution in [0.1, 0.15) is 0 Å². The standard InChI is InChI=1S/C18H14N4O/c1-23-17-6-5-12(8-14(17)15-4-2-3-7-20-15)16-9-13-10-19-11-21-18(13)22-16/h2-11H,1H3,(H,19,21,22). The van der Waals surface area contributed by atoms with Crippen molar-refractivity contribution >= 4 is 11.0 Å². The van der Waals surface area contributed by atoms with Gasteiger partial charge in [-0.3, -0.25) is 4.98 Å². The normalized spacial score (nSPS) is 10.8. The van der Waals surface area contributed by atoms with Crippen LogP contribution in [-0.4, -0.2) is 27.0 Å². The van der Waals surface area contributed by atoms with Crippen LogP contribution in [0, 0.1) is 0 Å². The first-order chi connectivity index (χ1) is 11.3. The lowest BCUT2D eigenvalue weighted by molar-refractivity contribution is 0.416. The first kappa shape index (κ1) is 13.5. The lowest BCUT2D eigenvalue weighted by Crippen LogP contribution is -1.91. The molecule has 0 radical (unpaired) electrons. The molecule has 3 aromatic heterocycles. The SMILES string of the molecule is COc1ccc(-c2cc3cncnc3[nH]2)cc1-c1ccccn1. The van der Waals surface area contributed by atoms with Crippen LogP contribution in [0.25, 0.3) is 33.5 Å². The minimum Gasteiger partial charge on any atom is -0.496 e. The van der Waals surface area contributed by atoms with Gasteiger partial charge < -0.3 is 9.72 Å². The van der Waals surface area contributed by atoms with E-state index < -0.39 is 0 Å². The van der Waals surface area contributed by atoms with E-state index in [0.29, 0.717) is 0 Å². The number of rotatable bonds is 3. The Labute approximate surface area is 133 Å². The van der Waals surface area contributed by atoms with Crippen molar-refractivity contribution < 1.29 is 4.74 Å². The summed E-state index contributed by atoms with van der Waals surface area (Å²) in [6, 6.07) is 13.9. The highest BCUT2D eigenvalue weighted by molar-refractivity contribution is 5.84. The molecule has 1 aromatic carbocycles. The van der Waals surface area contributed by atoms with Crippen molar-refractivity contribution in [1.82, 2.24) is 19.9 Å². The van der Waals surface area contributed by atoms with E-state index in [-0.39, 0.29) is 0 Å². The highest BCUT2D eigenvalue weighted by Gasteiger charge is 2.11. The molecule has 0 saturated carbocycles. The van der Waals surface area contributed by atoms with Crippen molar-refractivity contribution in [2.24, 2.45) is 0 Å². The molecule has 0 bridgehead atoms. The number of H-pyrrole nitrogens is 1. The number of fused-ring (bicyclic) bond motifs is 1. The molecular weight excluding hydrogens is 288 g/mol. The molecule has 0 aliphatic heterocycles. The zero-order valence-corrected chi connectivity index (χ0v) is 12.5. The number of benzene rings is 1. The molecule has 0 amide bonds. The predicted octanol–water partition coefficient (Wildman–Crippen LogP) is 3.70. The summed E-state index contributed by atoms with van der Waals surface area (Å²) in [7, 11) is 1.67. The number of nitrogens with zero attached hydrogens (tertiary/aromatic N) is 3. The quantitative estimate of drug-likeness (QED) is 0.627. The largest absolute Gasteiger partial charge is 0.496 e. The van der Waals surface area contributed by atoms with E-state index in [1.165, 1.54) is 6.33 Å². The summed E-state index contributed by atoms with van der Waals surface area (Å²) < 4.78 is 5.48. The number of ether oxygens (including phenoxy) is 1. The van der Waals surface area contributed by atoms with Gasteiger partial charge in [0.25, 0.3) is 0 Å². The fourth-order valence-corrected chi connectivity index (χ4v) is 2.62. The Morgan fingerprint density at radius 3 is 2.78 bits per heavy atom. The second kappa shape index (κ2) is 5.53. The molecule has 1 N–H and O–H groups in total. The van der Waals surface area contributed by atoms with Gasteiger partial charge in [0.2, 0.25) is 0 Å². The average molecular weight is 302 g/mol. The van der Waals surface area contributed by atoms with Crippen molar-refractivity contribution in [3.05, 3.63) is 61.2 Å². The van der Waals surface area contributed by atoms with E-state index in [1.807, 2.05) is 36.4 Å². The molecular formula is C18H14N4O. The maximum atomic E-state index is 5.48. The van der Waals surface area contributed by atoms with Gasteiger partial charge in [0.05, 0.1) is 12.8 Å². The second-order valence-corrected chi connectivity index (χ2v) is 5.14. The Kier molecular flexibility index (Phi) is 3.24. The van der Waals surface area contributed by atoms with Crippen molar-refractivity contribution in [2.45, 2.75) is 0 Å². The van der Waals surface area contributed by atoms with Crippen LogP contribution in [0.3, 0.4) is 0 Å². The third-order valence-electron chi connectivity index (χ3n) is 3.74. The van der Waals surface area contributed by atoms with E-state index in [4.69, 9.17) is 4.74 Å². The summed E-state index contributed by atoms with van der Waals surface area (Å²) in [6.07, 6.45) is 5.11. The Bertz CT molecular complexity index is 930. The molecule has 4 rings (SSSR count). The van der Waals surface area contributed by atoms with E-state index in [2.05, 4.69) is 26.0 Å². The maximum Gasteiger partial charge on any atom is 0.141 e. The molecule has 0 saturated heterocycles. The monoisotopic (exact) mass is 302 g/mol. The molecule has 4 aromatic rings. The Morgan fingerprint density at radius 2 is 2.00 bits per heavy atom. The number of aromatic nitrogens is 4. The molecule has 5 nitrogen and oxygen atoms in total. The maximum absolute atomic E-state index is 5.48. The minimum atomic E-state index is 0.795.